The molecule has 0 aromatic heterocycles. The number of fused-ring (bicyclic) bond motifs is 1. The zero-order valence-electron chi connectivity index (χ0n) is 7.37. The van der Waals surface area contributed by atoms with Crippen molar-refractivity contribution in [3.8, 4) is 0 Å². The van der Waals surface area contributed by atoms with Crippen molar-refractivity contribution in [1.29, 1.82) is 0 Å². The van der Waals surface area contributed by atoms with E-state index in [0.717, 1.165) is 22.6 Å². The third kappa shape index (κ3) is 1.12. The van der Waals surface area contributed by atoms with Crippen LogP contribution in [-0.2, 0) is 4.79 Å². The van der Waals surface area contributed by atoms with E-state index in [2.05, 4.69) is 4.99 Å². The third-order valence-corrected chi connectivity index (χ3v) is 2.20. The van der Waals surface area contributed by atoms with Gasteiger partial charge >= 0.3 is 0 Å². The predicted molar refractivity (Wildman–Crippen MR) is 50.1 cm³/mol. The fourth-order valence-electron chi connectivity index (χ4n) is 1.58. The molecule has 0 unspecified atom stereocenters. The number of hydrogen-bond acceptors (Lipinski definition) is 2. The molecule has 1 aromatic carbocycles. The van der Waals surface area contributed by atoms with Crippen molar-refractivity contribution in [2.45, 2.75) is 13.3 Å². The monoisotopic (exact) mass is 171 g/mol. The van der Waals surface area contributed by atoms with Gasteiger partial charge in [0.1, 0.15) is 0 Å². The average Bonchev–Trinajstić information content (AvgIpc) is 2.55. The van der Waals surface area contributed by atoms with E-state index in [1.54, 1.807) is 0 Å². The van der Waals surface area contributed by atoms with E-state index >= 15 is 0 Å². The molecule has 1 aliphatic rings. The molecule has 0 fully saturated rings. The number of carbonyl (C=O) groups excluding carboxylic acids is 1. The molecule has 0 saturated carbocycles. The van der Waals surface area contributed by atoms with Crippen LogP contribution >= 0.6 is 0 Å². The second kappa shape index (κ2) is 3.00. The summed E-state index contributed by atoms with van der Waals surface area (Å²) in [5.74, 6) is 1.87. The van der Waals surface area contributed by atoms with Crippen LogP contribution in [0.1, 0.15) is 13.3 Å². The predicted octanol–water partition coefficient (Wildman–Crippen LogP) is 0.596. The Bertz CT molecular complexity index is 507. The molecule has 0 N–H and O–H groups in total. The summed E-state index contributed by atoms with van der Waals surface area (Å²) in [5, 5.41) is 1.96. The Kier molecular flexibility index (Phi) is 1.84. The fraction of sp³-hybridized carbons (Fsp3) is 0.182. The Balaban J connectivity index is 2.91. The van der Waals surface area contributed by atoms with Gasteiger partial charge in [0.2, 0.25) is 0 Å². The minimum atomic E-state index is 0.462. The van der Waals surface area contributed by atoms with Crippen molar-refractivity contribution in [1.82, 2.24) is 0 Å². The lowest BCUT2D eigenvalue weighted by atomic mass is 10.1. The molecule has 1 heterocycles. The molecule has 0 aliphatic carbocycles. The molecule has 1 aliphatic heterocycles. The van der Waals surface area contributed by atoms with Gasteiger partial charge in [0, 0.05) is 5.22 Å². The van der Waals surface area contributed by atoms with Crippen molar-refractivity contribution in [3.63, 3.8) is 0 Å². The lowest BCUT2D eigenvalue weighted by molar-refractivity contribution is 0.567. The van der Waals surface area contributed by atoms with Crippen molar-refractivity contribution in [3.05, 3.63) is 40.5 Å². The zero-order chi connectivity index (χ0) is 9.26. The number of nitrogens with zero attached hydrogens (tertiary/aromatic N) is 1. The van der Waals surface area contributed by atoms with Gasteiger partial charge in [-0.1, -0.05) is 25.1 Å². The van der Waals surface area contributed by atoms with Crippen LogP contribution < -0.4 is 10.6 Å². The van der Waals surface area contributed by atoms with Crippen molar-refractivity contribution in [2.24, 2.45) is 4.99 Å². The number of allylic oxidation sites excluding steroid dienone is 1. The maximum atomic E-state index is 10.6. The van der Waals surface area contributed by atoms with Crippen LogP contribution in [0.5, 0.6) is 0 Å². The van der Waals surface area contributed by atoms with Gasteiger partial charge in [0.15, 0.2) is 11.6 Å². The van der Waals surface area contributed by atoms with Crippen LogP contribution in [0.2, 0.25) is 0 Å². The van der Waals surface area contributed by atoms with E-state index in [-0.39, 0.29) is 0 Å². The highest BCUT2D eigenvalue weighted by Gasteiger charge is 2.10. The number of benzene rings is 1. The van der Waals surface area contributed by atoms with E-state index in [1.165, 1.54) is 0 Å². The molecule has 2 nitrogen and oxygen atoms in total. The Labute approximate surface area is 75.9 Å². The highest BCUT2D eigenvalue weighted by molar-refractivity contribution is 5.78. The van der Waals surface area contributed by atoms with E-state index in [9.17, 15) is 4.79 Å². The Morgan fingerprint density at radius 1 is 1.38 bits per heavy atom. The second-order valence-corrected chi connectivity index (χ2v) is 2.91. The molecule has 0 radical (unpaired) electrons. The fourth-order valence-corrected chi connectivity index (χ4v) is 1.58. The Morgan fingerprint density at radius 3 is 2.85 bits per heavy atom. The summed E-state index contributed by atoms with van der Waals surface area (Å²) in [6.07, 6.45) is 0.824. The SMILES string of the molecule is CCC1=c2ccccc2=NC1=C=O. The molecular formula is C11H9NO. The summed E-state index contributed by atoms with van der Waals surface area (Å²) in [4.78, 5) is 14.7. The molecule has 13 heavy (non-hydrogen) atoms. The summed E-state index contributed by atoms with van der Waals surface area (Å²) in [6.45, 7) is 2.02. The molecule has 0 atom stereocenters. The molecule has 2 rings (SSSR count). The average molecular weight is 171 g/mol. The van der Waals surface area contributed by atoms with Crippen LogP contribution in [0.25, 0.3) is 5.57 Å². The van der Waals surface area contributed by atoms with Gasteiger partial charge in [-0.3, -0.25) is 0 Å². The van der Waals surface area contributed by atoms with Gasteiger partial charge in [-0.15, -0.1) is 0 Å². The van der Waals surface area contributed by atoms with Crippen molar-refractivity contribution < 1.29 is 4.79 Å². The Morgan fingerprint density at radius 2 is 2.15 bits per heavy atom. The summed E-state index contributed by atoms with van der Waals surface area (Å²) >= 11 is 0. The zero-order valence-corrected chi connectivity index (χ0v) is 7.37. The maximum Gasteiger partial charge on any atom is 0.153 e. The lowest BCUT2D eigenvalue weighted by Gasteiger charge is -1.92. The highest BCUT2D eigenvalue weighted by atomic mass is 16.1. The third-order valence-electron chi connectivity index (χ3n) is 2.20. The molecule has 2 heteroatoms. The first kappa shape index (κ1) is 7.96. The molecular weight excluding hydrogens is 162 g/mol. The van der Waals surface area contributed by atoms with Crippen LogP contribution in [0.4, 0.5) is 0 Å². The highest BCUT2D eigenvalue weighted by Crippen LogP contribution is 2.13. The van der Waals surface area contributed by atoms with Gasteiger partial charge in [-0.25, -0.2) is 9.79 Å². The van der Waals surface area contributed by atoms with Gasteiger partial charge in [0.05, 0.1) is 5.36 Å². The number of hydrogen-bond donors (Lipinski definition) is 0. The van der Waals surface area contributed by atoms with Gasteiger partial charge in [0.25, 0.3) is 0 Å². The van der Waals surface area contributed by atoms with Crippen LogP contribution in [0.3, 0.4) is 0 Å². The normalized spacial score (nSPS) is 13.6. The summed E-state index contributed by atoms with van der Waals surface area (Å²) < 4.78 is 0. The Hall–Kier alpha value is -1.66. The van der Waals surface area contributed by atoms with Gasteiger partial charge in [-0.2, -0.15) is 0 Å². The summed E-state index contributed by atoms with van der Waals surface area (Å²) in [6, 6.07) is 7.78. The molecule has 0 bridgehead atoms. The number of rotatable bonds is 1. The summed E-state index contributed by atoms with van der Waals surface area (Å²) in [7, 11) is 0. The standard InChI is InChI=1S/C11H9NO/c1-2-8-9-5-3-4-6-10(9)12-11(8)7-13/h3-6H,2H2,1H3. The van der Waals surface area contributed by atoms with Crippen molar-refractivity contribution >= 4 is 11.5 Å². The van der Waals surface area contributed by atoms with E-state index in [4.69, 9.17) is 0 Å². The molecule has 0 saturated heterocycles. The van der Waals surface area contributed by atoms with E-state index in [1.807, 2.05) is 37.1 Å². The summed E-state index contributed by atoms with van der Waals surface area (Å²) in [5.41, 5.74) is 1.47. The van der Waals surface area contributed by atoms with Crippen molar-refractivity contribution in [2.75, 3.05) is 0 Å². The smallest absolute Gasteiger partial charge is 0.153 e. The van der Waals surface area contributed by atoms with Crippen LogP contribution in [0, 0.1) is 0 Å². The number of para-hydroxylation sites is 1. The minimum Gasteiger partial charge on any atom is -0.236 e. The first-order chi connectivity index (χ1) is 6.36. The second-order valence-electron chi connectivity index (χ2n) is 2.91. The first-order valence-electron chi connectivity index (χ1n) is 4.29. The minimum absolute atomic E-state index is 0.462. The topological polar surface area (TPSA) is 29.4 Å². The quantitative estimate of drug-likeness (QED) is 0.569. The molecule has 64 valence electrons. The lowest BCUT2D eigenvalue weighted by Crippen LogP contribution is -2.21. The van der Waals surface area contributed by atoms with Crippen LogP contribution in [0.15, 0.2) is 35.0 Å². The molecule has 0 amide bonds. The first-order valence-corrected chi connectivity index (χ1v) is 4.29. The molecule has 1 aromatic rings. The van der Waals surface area contributed by atoms with Gasteiger partial charge < -0.3 is 0 Å². The molecule has 0 spiro atoms. The van der Waals surface area contributed by atoms with Gasteiger partial charge in [-0.05, 0) is 18.1 Å². The van der Waals surface area contributed by atoms with Crippen LogP contribution in [-0.4, -0.2) is 5.94 Å². The largest absolute Gasteiger partial charge is 0.236 e. The van der Waals surface area contributed by atoms with E-state index in [0.29, 0.717) is 5.70 Å². The maximum absolute atomic E-state index is 10.6. The van der Waals surface area contributed by atoms with E-state index < -0.39 is 0 Å².